The van der Waals surface area contributed by atoms with Crippen molar-refractivity contribution in [3.8, 4) is 0 Å². The van der Waals surface area contributed by atoms with Crippen molar-refractivity contribution in [1.82, 2.24) is 4.90 Å². The second-order valence-electron chi connectivity index (χ2n) is 6.08. The SMILES string of the molecule is N[C@H](C(=O)N1CCCC1)[C@H]1CCCC[C@H]1O.O=C(O)/C=C/C(=O)O. The minimum Gasteiger partial charge on any atom is -0.478 e. The first kappa shape index (κ1) is 20.1. The Labute approximate surface area is 140 Å². The van der Waals surface area contributed by atoms with Crippen LogP contribution in [0.15, 0.2) is 12.2 Å². The second-order valence-corrected chi connectivity index (χ2v) is 6.08. The third-order valence-corrected chi connectivity index (χ3v) is 4.31. The number of aliphatic hydroxyl groups is 1. The van der Waals surface area contributed by atoms with Crippen LogP contribution in [0.4, 0.5) is 0 Å². The van der Waals surface area contributed by atoms with Crippen molar-refractivity contribution in [3.05, 3.63) is 12.2 Å². The molecule has 0 unspecified atom stereocenters. The molecule has 0 aromatic carbocycles. The van der Waals surface area contributed by atoms with Gasteiger partial charge in [-0.2, -0.15) is 0 Å². The number of likely N-dealkylation sites (tertiary alicyclic amines) is 1. The van der Waals surface area contributed by atoms with Gasteiger partial charge < -0.3 is 26.0 Å². The molecule has 2 fully saturated rings. The monoisotopic (exact) mass is 342 g/mol. The first-order valence-electron chi connectivity index (χ1n) is 8.19. The average Bonchev–Trinajstić information content (AvgIpc) is 3.07. The van der Waals surface area contributed by atoms with Crippen LogP contribution in [-0.2, 0) is 14.4 Å². The molecule has 24 heavy (non-hydrogen) atoms. The first-order valence-corrected chi connectivity index (χ1v) is 8.19. The van der Waals surface area contributed by atoms with Crippen LogP contribution >= 0.6 is 0 Å². The molecule has 8 nitrogen and oxygen atoms in total. The van der Waals surface area contributed by atoms with Crippen LogP contribution in [-0.4, -0.2) is 63.3 Å². The van der Waals surface area contributed by atoms with E-state index in [2.05, 4.69) is 0 Å². The molecule has 1 amide bonds. The van der Waals surface area contributed by atoms with Crippen molar-refractivity contribution in [3.63, 3.8) is 0 Å². The van der Waals surface area contributed by atoms with Gasteiger partial charge in [0.15, 0.2) is 0 Å². The predicted molar refractivity (Wildman–Crippen MR) is 86.2 cm³/mol. The number of hydrogen-bond donors (Lipinski definition) is 4. The number of carbonyl (C=O) groups is 3. The Morgan fingerprint density at radius 3 is 1.92 bits per heavy atom. The Kier molecular flexibility index (Phi) is 8.42. The maximum atomic E-state index is 12.1. The minimum absolute atomic E-state index is 0.0261. The Hall–Kier alpha value is -1.93. The fourth-order valence-electron chi connectivity index (χ4n) is 3.03. The molecular formula is C16H26N2O6. The zero-order valence-corrected chi connectivity index (χ0v) is 13.6. The van der Waals surface area contributed by atoms with Crippen LogP contribution in [0.2, 0.25) is 0 Å². The molecule has 0 aromatic heterocycles. The maximum absolute atomic E-state index is 12.1. The largest absolute Gasteiger partial charge is 0.478 e. The van der Waals surface area contributed by atoms with E-state index in [-0.39, 0.29) is 17.9 Å². The average molecular weight is 342 g/mol. The van der Waals surface area contributed by atoms with Crippen molar-refractivity contribution < 1.29 is 29.7 Å². The van der Waals surface area contributed by atoms with Crippen LogP contribution in [0.5, 0.6) is 0 Å². The highest BCUT2D eigenvalue weighted by atomic mass is 16.4. The molecule has 1 saturated heterocycles. The number of nitrogens with two attached hydrogens (primary N) is 1. The molecule has 8 heteroatoms. The number of carboxylic acid groups (broad SMARTS) is 2. The van der Waals surface area contributed by atoms with Crippen molar-refractivity contribution >= 4 is 17.8 Å². The van der Waals surface area contributed by atoms with Crippen LogP contribution in [0, 0.1) is 5.92 Å². The van der Waals surface area contributed by atoms with Crippen LogP contribution in [0.3, 0.4) is 0 Å². The normalized spacial score (nSPS) is 25.0. The van der Waals surface area contributed by atoms with Gasteiger partial charge in [0.1, 0.15) is 0 Å². The fourth-order valence-corrected chi connectivity index (χ4v) is 3.03. The highest BCUT2D eigenvalue weighted by Crippen LogP contribution is 2.27. The number of aliphatic carboxylic acids is 2. The van der Waals surface area contributed by atoms with Crippen molar-refractivity contribution in [2.45, 2.75) is 50.7 Å². The molecular weight excluding hydrogens is 316 g/mol. The Morgan fingerprint density at radius 2 is 1.46 bits per heavy atom. The van der Waals surface area contributed by atoms with Gasteiger partial charge in [-0.15, -0.1) is 0 Å². The molecule has 1 aliphatic carbocycles. The van der Waals surface area contributed by atoms with Gasteiger partial charge in [0.05, 0.1) is 12.1 Å². The van der Waals surface area contributed by atoms with Gasteiger partial charge >= 0.3 is 11.9 Å². The third kappa shape index (κ3) is 6.67. The summed E-state index contributed by atoms with van der Waals surface area (Å²) >= 11 is 0. The topological polar surface area (TPSA) is 141 Å². The zero-order chi connectivity index (χ0) is 18.1. The third-order valence-electron chi connectivity index (χ3n) is 4.31. The van der Waals surface area contributed by atoms with Gasteiger partial charge in [0.25, 0.3) is 0 Å². The van der Waals surface area contributed by atoms with Gasteiger partial charge in [-0.3, -0.25) is 4.79 Å². The van der Waals surface area contributed by atoms with E-state index in [0.717, 1.165) is 51.6 Å². The smallest absolute Gasteiger partial charge is 0.328 e. The number of carboxylic acids is 2. The van der Waals surface area contributed by atoms with Crippen molar-refractivity contribution in [2.24, 2.45) is 11.7 Å². The lowest BCUT2D eigenvalue weighted by molar-refractivity contribution is -0.134. The quantitative estimate of drug-likeness (QED) is 0.535. The number of rotatable bonds is 4. The lowest BCUT2D eigenvalue weighted by Crippen LogP contribution is -2.50. The summed E-state index contributed by atoms with van der Waals surface area (Å²) < 4.78 is 0. The van der Waals surface area contributed by atoms with Gasteiger partial charge in [-0.05, 0) is 25.7 Å². The molecule has 2 rings (SSSR count). The molecule has 0 aromatic rings. The van der Waals surface area contributed by atoms with E-state index in [9.17, 15) is 19.5 Å². The summed E-state index contributed by atoms with van der Waals surface area (Å²) in [5.41, 5.74) is 6.01. The number of nitrogens with zero attached hydrogens (tertiary/aromatic N) is 1. The Balaban J connectivity index is 0.000000307. The minimum atomic E-state index is -1.26. The van der Waals surface area contributed by atoms with E-state index in [0.29, 0.717) is 12.2 Å². The van der Waals surface area contributed by atoms with Gasteiger partial charge in [-0.1, -0.05) is 12.8 Å². The molecule has 2 aliphatic rings. The van der Waals surface area contributed by atoms with Gasteiger partial charge in [0, 0.05) is 31.2 Å². The molecule has 5 N–H and O–H groups in total. The highest BCUT2D eigenvalue weighted by Gasteiger charge is 2.35. The predicted octanol–water partition coefficient (Wildman–Crippen LogP) is 0.199. The maximum Gasteiger partial charge on any atom is 0.328 e. The molecule has 1 heterocycles. The fraction of sp³-hybridized carbons (Fsp3) is 0.688. The number of amides is 1. The summed E-state index contributed by atoms with van der Waals surface area (Å²) in [5, 5.41) is 25.5. The lowest BCUT2D eigenvalue weighted by atomic mass is 9.81. The van der Waals surface area contributed by atoms with Crippen molar-refractivity contribution in [1.29, 1.82) is 0 Å². The van der Waals surface area contributed by atoms with E-state index in [1.54, 1.807) is 0 Å². The highest BCUT2D eigenvalue weighted by molar-refractivity contribution is 5.89. The zero-order valence-electron chi connectivity index (χ0n) is 13.6. The summed E-state index contributed by atoms with van der Waals surface area (Å²) in [5.74, 6) is -2.50. The van der Waals surface area contributed by atoms with Gasteiger partial charge in [0.2, 0.25) is 5.91 Å². The van der Waals surface area contributed by atoms with Gasteiger partial charge in [-0.25, -0.2) is 9.59 Å². The number of hydrogen-bond acceptors (Lipinski definition) is 5. The molecule has 0 spiro atoms. The molecule has 3 atom stereocenters. The molecule has 0 bridgehead atoms. The molecule has 1 saturated carbocycles. The summed E-state index contributed by atoms with van der Waals surface area (Å²) in [6.45, 7) is 1.69. The van der Waals surface area contributed by atoms with E-state index in [1.165, 1.54) is 0 Å². The summed E-state index contributed by atoms with van der Waals surface area (Å²) in [6, 6.07) is -0.492. The second kappa shape index (κ2) is 10.0. The van der Waals surface area contributed by atoms with E-state index < -0.39 is 18.0 Å². The van der Waals surface area contributed by atoms with Crippen LogP contribution in [0.25, 0.3) is 0 Å². The molecule has 1 aliphatic heterocycles. The van der Waals surface area contributed by atoms with E-state index in [4.69, 9.17) is 15.9 Å². The Bertz CT molecular complexity index is 457. The number of aliphatic hydroxyl groups excluding tert-OH is 1. The molecule has 136 valence electrons. The van der Waals surface area contributed by atoms with Crippen LogP contribution in [0.1, 0.15) is 38.5 Å². The number of carbonyl (C=O) groups excluding carboxylic acids is 1. The Morgan fingerprint density at radius 1 is 0.958 bits per heavy atom. The van der Waals surface area contributed by atoms with Crippen LogP contribution < -0.4 is 5.73 Å². The summed E-state index contributed by atoms with van der Waals surface area (Å²) in [7, 11) is 0. The summed E-state index contributed by atoms with van der Waals surface area (Å²) in [4.78, 5) is 33.0. The summed E-state index contributed by atoms with van der Waals surface area (Å²) in [6.07, 6.45) is 6.75. The lowest BCUT2D eigenvalue weighted by Gasteiger charge is -2.33. The van der Waals surface area contributed by atoms with E-state index in [1.807, 2.05) is 4.90 Å². The van der Waals surface area contributed by atoms with Crippen molar-refractivity contribution in [2.75, 3.05) is 13.1 Å². The molecule has 0 radical (unpaired) electrons. The first-order chi connectivity index (χ1) is 11.3. The standard InChI is InChI=1S/C12H22N2O2.C4H4O4/c13-11(9-5-1-2-6-10(9)15)12(16)14-7-3-4-8-14;5-3(6)1-2-4(7)8/h9-11,15H,1-8,13H2;1-2H,(H,5,6)(H,7,8)/b;2-1+/t9-,10+,11-;/m0./s1. The van der Waals surface area contributed by atoms with E-state index >= 15 is 0 Å².